The second-order valence-electron chi connectivity index (χ2n) is 3.63. The lowest BCUT2D eigenvalue weighted by atomic mass is 10.00. The van der Waals surface area contributed by atoms with Gasteiger partial charge in [-0.2, -0.15) is 13.2 Å². The standard InChI is InChI=1S/C10H6F4N2O2/c11-4-1-2-5(6(3-4)10(12,13)14)7-8(17)16-9(18)15-7/h1-3,7H,(H2,15,16,17,18). The zero-order chi connectivity index (χ0) is 13.5. The summed E-state index contributed by atoms with van der Waals surface area (Å²) in [6, 6.07) is -0.444. The summed E-state index contributed by atoms with van der Waals surface area (Å²) < 4.78 is 50.9. The zero-order valence-corrected chi connectivity index (χ0v) is 8.64. The average molecular weight is 262 g/mol. The smallest absolute Gasteiger partial charge is 0.322 e. The van der Waals surface area contributed by atoms with Crippen molar-refractivity contribution in [3.05, 3.63) is 35.1 Å². The minimum Gasteiger partial charge on any atom is -0.322 e. The Hall–Kier alpha value is -2.12. The molecule has 1 unspecified atom stereocenters. The minimum absolute atomic E-state index is 0.285. The Bertz CT molecular complexity index is 527. The Labute approximate surface area is 98.0 Å². The molecular weight excluding hydrogens is 256 g/mol. The predicted molar refractivity (Wildman–Crippen MR) is 50.8 cm³/mol. The van der Waals surface area contributed by atoms with Crippen molar-refractivity contribution < 1.29 is 27.2 Å². The van der Waals surface area contributed by atoms with Crippen LogP contribution in [-0.2, 0) is 11.0 Å². The summed E-state index contributed by atoms with van der Waals surface area (Å²) in [6.45, 7) is 0. The van der Waals surface area contributed by atoms with Gasteiger partial charge in [0.15, 0.2) is 0 Å². The molecule has 1 heterocycles. The summed E-state index contributed by atoms with van der Waals surface area (Å²) in [5.41, 5.74) is -1.78. The number of amides is 3. The lowest BCUT2D eigenvalue weighted by molar-refractivity contribution is -0.138. The average Bonchev–Trinajstić information content (AvgIpc) is 2.56. The SMILES string of the molecule is O=C1NC(=O)C(c2ccc(F)cc2C(F)(F)F)N1. The molecule has 0 spiro atoms. The molecule has 1 aromatic carbocycles. The Morgan fingerprint density at radius 2 is 1.83 bits per heavy atom. The van der Waals surface area contributed by atoms with E-state index in [1.165, 1.54) is 0 Å². The summed E-state index contributed by atoms with van der Waals surface area (Å²) in [4.78, 5) is 22.2. The van der Waals surface area contributed by atoms with Crippen molar-refractivity contribution in [3.63, 3.8) is 0 Å². The summed E-state index contributed by atoms with van der Waals surface area (Å²) in [7, 11) is 0. The van der Waals surface area contributed by atoms with Gasteiger partial charge in [-0.1, -0.05) is 6.07 Å². The molecule has 1 fully saturated rings. The fraction of sp³-hybridized carbons (Fsp3) is 0.200. The second-order valence-corrected chi connectivity index (χ2v) is 3.63. The van der Waals surface area contributed by atoms with E-state index in [2.05, 4.69) is 0 Å². The van der Waals surface area contributed by atoms with Gasteiger partial charge in [0, 0.05) is 0 Å². The summed E-state index contributed by atoms with van der Waals surface area (Å²) in [5, 5.41) is 3.84. The van der Waals surface area contributed by atoms with Gasteiger partial charge in [-0.25, -0.2) is 9.18 Å². The maximum absolute atomic E-state index is 12.9. The van der Waals surface area contributed by atoms with Crippen molar-refractivity contribution in [1.82, 2.24) is 10.6 Å². The van der Waals surface area contributed by atoms with Crippen LogP contribution in [0.25, 0.3) is 0 Å². The van der Waals surface area contributed by atoms with Crippen LogP contribution in [-0.4, -0.2) is 11.9 Å². The molecule has 96 valence electrons. The van der Waals surface area contributed by atoms with Crippen LogP contribution < -0.4 is 10.6 Å². The number of carbonyl (C=O) groups is 2. The molecule has 0 saturated carbocycles. The number of rotatable bonds is 1. The van der Waals surface area contributed by atoms with Crippen LogP contribution in [0.15, 0.2) is 18.2 Å². The van der Waals surface area contributed by atoms with Gasteiger partial charge in [-0.15, -0.1) is 0 Å². The second kappa shape index (κ2) is 3.97. The van der Waals surface area contributed by atoms with E-state index in [-0.39, 0.29) is 6.07 Å². The first-order valence-electron chi connectivity index (χ1n) is 4.77. The van der Waals surface area contributed by atoms with Crippen molar-refractivity contribution in [2.45, 2.75) is 12.2 Å². The third-order valence-electron chi connectivity index (χ3n) is 2.41. The van der Waals surface area contributed by atoms with E-state index in [1.807, 2.05) is 10.6 Å². The highest BCUT2D eigenvalue weighted by Crippen LogP contribution is 2.35. The zero-order valence-electron chi connectivity index (χ0n) is 8.64. The Kier molecular flexibility index (Phi) is 2.72. The van der Waals surface area contributed by atoms with Crippen molar-refractivity contribution in [3.8, 4) is 0 Å². The van der Waals surface area contributed by atoms with Crippen LogP contribution in [0, 0.1) is 5.82 Å². The van der Waals surface area contributed by atoms with Gasteiger partial charge in [0.05, 0.1) is 5.56 Å². The first-order chi connectivity index (χ1) is 8.29. The fourth-order valence-electron chi connectivity index (χ4n) is 1.66. The molecule has 1 aromatic rings. The summed E-state index contributed by atoms with van der Waals surface area (Å²) >= 11 is 0. The molecule has 2 rings (SSSR count). The van der Waals surface area contributed by atoms with Crippen molar-refractivity contribution >= 4 is 11.9 Å². The molecule has 1 saturated heterocycles. The normalized spacial score (nSPS) is 19.7. The van der Waals surface area contributed by atoms with Crippen LogP contribution >= 0.6 is 0 Å². The maximum atomic E-state index is 12.9. The molecule has 18 heavy (non-hydrogen) atoms. The van der Waals surface area contributed by atoms with E-state index >= 15 is 0 Å². The topological polar surface area (TPSA) is 58.2 Å². The monoisotopic (exact) mass is 262 g/mol. The number of hydrogen-bond donors (Lipinski definition) is 2. The number of urea groups is 1. The van der Waals surface area contributed by atoms with E-state index in [0.29, 0.717) is 0 Å². The van der Waals surface area contributed by atoms with E-state index in [4.69, 9.17) is 0 Å². The van der Waals surface area contributed by atoms with Gasteiger partial charge < -0.3 is 5.32 Å². The number of halogens is 4. The lowest BCUT2D eigenvalue weighted by Gasteiger charge is -2.15. The van der Waals surface area contributed by atoms with Crippen molar-refractivity contribution in [2.24, 2.45) is 0 Å². The molecule has 0 bridgehead atoms. The summed E-state index contributed by atoms with van der Waals surface area (Å²) in [6.07, 6.45) is -4.81. The number of benzene rings is 1. The van der Waals surface area contributed by atoms with E-state index in [9.17, 15) is 27.2 Å². The minimum atomic E-state index is -4.81. The van der Waals surface area contributed by atoms with Crippen LogP contribution in [0.5, 0.6) is 0 Å². The third kappa shape index (κ3) is 2.13. The maximum Gasteiger partial charge on any atom is 0.416 e. The lowest BCUT2D eigenvalue weighted by Crippen LogP contribution is -2.23. The highest BCUT2D eigenvalue weighted by atomic mass is 19.4. The van der Waals surface area contributed by atoms with Gasteiger partial charge in [0.2, 0.25) is 0 Å². The predicted octanol–water partition coefficient (Wildman–Crippen LogP) is 1.73. The quantitative estimate of drug-likeness (QED) is 0.598. The van der Waals surface area contributed by atoms with E-state index in [1.54, 1.807) is 0 Å². The van der Waals surface area contributed by atoms with E-state index < -0.39 is 41.1 Å². The van der Waals surface area contributed by atoms with Gasteiger partial charge in [-0.05, 0) is 17.7 Å². The number of alkyl halides is 3. The van der Waals surface area contributed by atoms with Crippen LogP contribution in [0.2, 0.25) is 0 Å². The van der Waals surface area contributed by atoms with Crippen molar-refractivity contribution in [2.75, 3.05) is 0 Å². The highest BCUT2D eigenvalue weighted by Gasteiger charge is 2.40. The molecule has 2 N–H and O–H groups in total. The van der Waals surface area contributed by atoms with Gasteiger partial charge in [-0.3, -0.25) is 10.1 Å². The Morgan fingerprint density at radius 1 is 1.17 bits per heavy atom. The first kappa shape index (κ1) is 12.3. The number of imide groups is 1. The third-order valence-corrected chi connectivity index (χ3v) is 2.41. The molecular formula is C10H6F4N2O2. The molecule has 1 aliphatic heterocycles. The fourth-order valence-corrected chi connectivity index (χ4v) is 1.66. The van der Waals surface area contributed by atoms with Crippen LogP contribution in [0.3, 0.4) is 0 Å². The molecule has 3 amide bonds. The number of carbonyl (C=O) groups excluding carboxylic acids is 2. The molecule has 1 atom stereocenters. The number of hydrogen-bond acceptors (Lipinski definition) is 2. The highest BCUT2D eigenvalue weighted by molar-refractivity contribution is 6.04. The molecule has 8 heteroatoms. The molecule has 4 nitrogen and oxygen atoms in total. The molecule has 1 aliphatic rings. The van der Waals surface area contributed by atoms with Crippen molar-refractivity contribution in [1.29, 1.82) is 0 Å². The van der Waals surface area contributed by atoms with Gasteiger partial charge in [0.1, 0.15) is 11.9 Å². The van der Waals surface area contributed by atoms with Crippen LogP contribution in [0.1, 0.15) is 17.2 Å². The largest absolute Gasteiger partial charge is 0.416 e. The van der Waals surface area contributed by atoms with Gasteiger partial charge >= 0.3 is 12.2 Å². The van der Waals surface area contributed by atoms with Crippen LogP contribution in [0.4, 0.5) is 22.4 Å². The molecule has 0 aromatic heterocycles. The summed E-state index contributed by atoms with van der Waals surface area (Å²) in [5.74, 6) is -1.98. The molecule has 0 aliphatic carbocycles. The Morgan fingerprint density at radius 3 is 2.33 bits per heavy atom. The number of nitrogens with one attached hydrogen (secondary N) is 2. The van der Waals surface area contributed by atoms with Gasteiger partial charge in [0.25, 0.3) is 5.91 Å². The van der Waals surface area contributed by atoms with E-state index in [0.717, 1.165) is 12.1 Å². The first-order valence-corrected chi connectivity index (χ1v) is 4.77. The Balaban J connectivity index is 2.51. The molecule has 0 radical (unpaired) electrons.